The third-order valence-electron chi connectivity index (χ3n) is 3.53. The number of hydrogen-bond donors (Lipinski definition) is 2. The van der Waals surface area contributed by atoms with Crippen molar-refractivity contribution in [3.63, 3.8) is 0 Å². The van der Waals surface area contributed by atoms with Crippen molar-refractivity contribution in [1.82, 2.24) is 4.90 Å². The highest BCUT2D eigenvalue weighted by Gasteiger charge is 2.13. The number of hydrogen-bond acceptors (Lipinski definition) is 4. The molecular weight excluding hydrogens is 252 g/mol. The van der Waals surface area contributed by atoms with Crippen molar-refractivity contribution in [1.29, 1.82) is 0 Å². The largest absolute Gasteiger partial charge is 0.489 e. The number of benzene rings is 1. The summed E-state index contributed by atoms with van der Waals surface area (Å²) in [5.41, 5.74) is 6.40. The fourth-order valence-corrected chi connectivity index (χ4v) is 2.05. The van der Waals surface area contributed by atoms with Crippen LogP contribution in [0.3, 0.4) is 0 Å². The maximum atomic E-state index is 10.1. The Morgan fingerprint density at radius 3 is 2.55 bits per heavy atom. The van der Waals surface area contributed by atoms with E-state index in [9.17, 15) is 5.11 Å². The minimum atomic E-state index is -0.501. The number of nitrogens with two attached hydrogens (primary N) is 1. The molecule has 0 aliphatic rings. The zero-order valence-electron chi connectivity index (χ0n) is 12.9. The van der Waals surface area contributed by atoms with Gasteiger partial charge in [0.1, 0.15) is 18.5 Å². The maximum absolute atomic E-state index is 10.1. The van der Waals surface area contributed by atoms with Gasteiger partial charge in [-0.3, -0.25) is 0 Å². The Morgan fingerprint density at radius 2 is 1.95 bits per heavy atom. The van der Waals surface area contributed by atoms with Gasteiger partial charge in [0.15, 0.2) is 0 Å². The van der Waals surface area contributed by atoms with Crippen molar-refractivity contribution in [2.24, 2.45) is 5.92 Å². The monoisotopic (exact) mass is 280 g/mol. The molecule has 0 spiro atoms. The molecule has 20 heavy (non-hydrogen) atoms. The lowest BCUT2D eigenvalue weighted by atomic mass is 10.1. The van der Waals surface area contributed by atoms with Crippen LogP contribution in [0.25, 0.3) is 0 Å². The molecule has 0 saturated carbocycles. The summed E-state index contributed by atoms with van der Waals surface area (Å²) in [5, 5.41) is 10.1. The van der Waals surface area contributed by atoms with Crippen LogP contribution in [0.4, 0.5) is 5.69 Å². The normalized spacial score (nSPS) is 14.2. The average molecular weight is 280 g/mol. The molecule has 0 saturated heterocycles. The highest BCUT2D eigenvalue weighted by atomic mass is 16.5. The number of rotatable bonds is 9. The summed E-state index contributed by atoms with van der Waals surface area (Å²) in [4.78, 5) is 2.26. The van der Waals surface area contributed by atoms with Crippen molar-refractivity contribution in [2.45, 2.75) is 33.3 Å². The SMILES string of the molecule is CCC(C)CN(CC)CC(O)COc1ccccc1N. The first-order valence-electron chi connectivity index (χ1n) is 7.44. The van der Waals surface area contributed by atoms with Gasteiger partial charge in [-0.15, -0.1) is 0 Å². The average Bonchev–Trinajstić information content (AvgIpc) is 2.45. The van der Waals surface area contributed by atoms with Crippen LogP contribution in [0.15, 0.2) is 24.3 Å². The van der Waals surface area contributed by atoms with Gasteiger partial charge in [-0.25, -0.2) is 0 Å². The molecular formula is C16H28N2O2. The van der Waals surface area contributed by atoms with Crippen molar-refractivity contribution >= 4 is 5.69 Å². The van der Waals surface area contributed by atoms with Gasteiger partial charge < -0.3 is 20.5 Å². The van der Waals surface area contributed by atoms with Crippen LogP contribution in [0.1, 0.15) is 27.2 Å². The van der Waals surface area contributed by atoms with Gasteiger partial charge >= 0.3 is 0 Å². The Morgan fingerprint density at radius 1 is 1.25 bits per heavy atom. The molecule has 2 unspecified atom stereocenters. The number of aliphatic hydroxyl groups is 1. The van der Waals surface area contributed by atoms with Gasteiger partial charge in [0, 0.05) is 13.1 Å². The summed E-state index contributed by atoms with van der Waals surface area (Å²) in [6.45, 7) is 9.39. The second-order valence-electron chi connectivity index (χ2n) is 5.37. The lowest BCUT2D eigenvalue weighted by Crippen LogP contribution is -2.37. The molecule has 1 aromatic carbocycles. The Kier molecular flexibility index (Phi) is 7.41. The number of nitrogen functional groups attached to an aromatic ring is 1. The van der Waals surface area contributed by atoms with E-state index < -0.39 is 6.10 Å². The van der Waals surface area contributed by atoms with Crippen LogP contribution in [-0.2, 0) is 0 Å². The van der Waals surface area contributed by atoms with E-state index >= 15 is 0 Å². The summed E-state index contributed by atoms with van der Waals surface area (Å²) in [6.07, 6.45) is 0.655. The summed E-state index contributed by atoms with van der Waals surface area (Å²) < 4.78 is 5.57. The Bertz CT molecular complexity index is 384. The molecule has 1 rings (SSSR count). The van der Waals surface area contributed by atoms with Crippen LogP contribution >= 0.6 is 0 Å². The number of ether oxygens (including phenoxy) is 1. The minimum absolute atomic E-state index is 0.269. The number of aliphatic hydroxyl groups excluding tert-OH is 1. The van der Waals surface area contributed by atoms with Gasteiger partial charge in [0.2, 0.25) is 0 Å². The van der Waals surface area contributed by atoms with Crippen LogP contribution in [0.5, 0.6) is 5.75 Å². The topological polar surface area (TPSA) is 58.7 Å². The lowest BCUT2D eigenvalue weighted by Gasteiger charge is -2.26. The van der Waals surface area contributed by atoms with E-state index in [-0.39, 0.29) is 6.61 Å². The molecule has 0 amide bonds. The van der Waals surface area contributed by atoms with Crippen molar-refractivity contribution in [3.05, 3.63) is 24.3 Å². The van der Waals surface area contributed by atoms with Crippen molar-refractivity contribution < 1.29 is 9.84 Å². The molecule has 0 aliphatic carbocycles. The van der Waals surface area contributed by atoms with E-state index in [0.29, 0.717) is 23.9 Å². The van der Waals surface area contributed by atoms with E-state index in [1.807, 2.05) is 18.2 Å². The summed E-state index contributed by atoms with van der Waals surface area (Å²) in [6, 6.07) is 7.35. The zero-order valence-corrected chi connectivity index (χ0v) is 12.9. The van der Waals surface area contributed by atoms with Gasteiger partial charge in [-0.2, -0.15) is 0 Å². The molecule has 0 fully saturated rings. The van der Waals surface area contributed by atoms with Crippen molar-refractivity contribution in [3.8, 4) is 5.75 Å². The number of para-hydroxylation sites is 2. The van der Waals surface area contributed by atoms with Gasteiger partial charge in [0.05, 0.1) is 5.69 Å². The first kappa shape index (κ1) is 16.8. The van der Waals surface area contributed by atoms with E-state index in [1.54, 1.807) is 6.07 Å². The van der Waals surface area contributed by atoms with E-state index in [1.165, 1.54) is 0 Å². The highest BCUT2D eigenvalue weighted by Crippen LogP contribution is 2.19. The maximum Gasteiger partial charge on any atom is 0.142 e. The molecule has 0 heterocycles. The standard InChI is InChI=1S/C16H28N2O2/c1-4-13(3)10-18(5-2)11-14(19)12-20-16-9-7-6-8-15(16)17/h6-9,13-14,19H,4-5,10-12,17H2,1-3H3. The van der Waals surface area contributed by atoms with E-state index in [4.69, 9.17) is 10.5 Å². The second-order valence-corrected chi connectivity index (χ2v) is 5.37. The third kappa shape index (κ3) is 5.80. The Balaban J connectivity index is 2.38. The fourth-order valence-electron chi connectivity index (χ4n) is 2.05. The first-order valence-corrected chi connectivity index (χ1v) is 7.44. The second kappa shape index (κ2) is 8.82. The summed E-state index contributed by atoms with van der Waals surface area (Å²) >= 11 is 0. The summed E-state index contributed by atoms with van der Waals surface area (Å²) in [7, 11) is 0. The molecule has 0 radical (unpaired) electrons. The van der Waals surface area contributed by atoms with Gasteiger partial charge in [-0.05, 0) is 24.6 Å². The van der Waals surface area contributed by atoms with Gasteiger partial charge in [0.25, 0.3) is 0 Å². The molecule has 0 bridgehead atoms. The Labute approximate surface area is 122 Å². The zero-order chi connectivity index (χ0) is 15.0. The van der Waals surface area contributed by atoms with Crippen LogP contribution in [0, 0.1) is 5.92 Å². The van der Waals surface area contributed by atoms with Gasteiger partial charge in [-0.1, -0.05) is 39.3 Å². The molecule has 114 valence electrons. The van der Waals surface area contributed by atoms with Crippen LogP contribution in [-0.4, -0.2) is 42.4 Å². The molecule has 3 N–H and O–H groups in total. The molecule has 1 aromatic rings. The first-order chi connectivity index (χ1) is 9.56. The number of likely N-dealkylation sites (N-methyl/N-ethyl adjacent to an activating group) is 1. The smallest absolute Gasteiger partial charge is 0.142 e. The Hall–Kier alpha value is -1.26. The molecule has 4 heteroatoms. The third-order valence-corrected chi connectivity index (χ3v) is 3.53. The van der Waals surface area contributed by atoms with Crippen LogP contribution < -0.4 is 10.5 Å². The summed E-state index contributed by atoms with van der Waals surface area (Å²) in [5.74, 6) is 1.28. The quantitative estimate of drug-likeness (QED) is 0.682. The molecule has 4 nitrogen and oxygen atoms in total. The molecule has 0 aromatic heterocycles. The predicted octanol–water partition coefficient (Wildman–Crippen LogP) is 2.38. The predicted molar refractivity (Wildman–Crippen MR) is 83.9 cm³/mol. The van der Waals surface area contributed by atoms with Crippen molar-refractivity contribution in [2.75, 3.05) is 32.0 Å². The number of nitrogens with zero attached hydrogens (tertiary/aromatic N) is 1. The highest BCUT2D eigenvalue weighted by molar-refractivity contribution is 5.51. The fraction of sp³-hybridized carbons (Fsp3) is 0.625. The van der Waals surface area contributed by atoms with Crippen LogP contribution in [0.2, 0.25) is 0 Å². The molecule has 0 aliphatic heterocycles. The molecule has 2 atom stereocenters. The minimum Gasteiger partial charge on any atom is -0.489 e. The lowest BCUT2D eigenvalue weighted by molar-refractivity contribution is 0.0654. The number of anilines is 1. The van der Waals surface area contributed by atoms with E-state index in [2.05, 4.69) is 25.7 Å². The van der Waals surface area contributed by atoms with E-state index in [0.717, 1.165) is 19.5 Å².